The number of hydrogen-bond donors (Lipinski definition) is 1. The molecule has 1 atom stereocenters. The van der Waals surface area contributed by atoms with Crippen molar-refractivity contribution >= 4 is 51.9 Å². The molecule has 13 heavy (non-hydrogen) atoms. The average Bonchev–Trinajstić information content (AvgIpc) is 2.04. The molecular formula is C6H5Cl2N3S2. The molecule has 0 radical (unpaired) electrons. The summed E-state index contributed by atoms with van der Waals surface area (Å²) in [6.07, 6.45) is 3.53. The van der Waals surface area contributed by atoms with Crippen LogP contribution < -0.4 is 5.32 Å². The molecule has 1 heterocycles. The fraction of sp³-hybridized carbons (Fsp3) is 0.333. The highest BCUT2D eigenvalue weighted by Gasteiger charge is 2.30. The van der Waals surface area contributed by atoms with Gasteiger partial charge >= 0.3 is 0 Å². The van der Waals surface area contributed by atoms with Crippen LogP contribution in [0, 0.1) is 10.7 Å². The van der Waals surface area contributed by atoms with Gasteiger partial charge < -0.3 is 5.32 Å². The second-order valence-corrected chi connectivity index (χ2v) is 4.97. The van der Waals surface area contributed by atoms with Gasteiger partial charge in [-0.25, -0.2) is 4.99 Å². The summed E-state index contributed by atoms with van der Waals surface area (Å²) in [6, 6.07) is 0. The van der Waals surface area contributed by atoms with Gasteiger partial charge in [-0.15, -0.1) is 11.8 Å². The number of nitrogens with zero attached hydrogens (tertiary/aromatic N) is 2. The Kier molecular flexibility index (Phi) is 3.80. The van der Waals surface area contributed by atoms with Crippen molar-refractivity contribution in [2.75, 3.05) is 6.26 Å². The molecule has 70 valence electrons. The van der Waals surface area contributed by atoms with E-state index in [1.165, 1.54) is 11.8 Å². The molecule has 7 heteroatoms. The zero-order valence-corrected chi connectivity index (χ0v) is 9.69. The van der Waals surface area contributed by atoms with Crippen LogP contribution in [0.5, 0.6) is 0 Å². The van der Waals surface area contributed by atoms with Crippen molar-refractivity contribution in [1.29, 1.82) is 5.26 Å². The molecular weight excluding hydrogens is 249 g/mol. The molecule has 0 saturated heterocycles. The Bertz CT molecular complexity index is 309. The molecule has 1 unspecified atom stereocenters. The first-order valence-electron chi connectivity index (χ1n) is 3.15. The zero-order chi connectivity index (χ0) is 9.90. The van der Waals surface area contributed by atoms with Gasteiger partial charge in [0.1, 0.15) is 10.6 Å². The van der Waals surface area contributed by atoms with E-state index >= 15 is 0 Å². The minimum absolute atomic E-state index is 0.323. The van der Waals surface area contributed by atoms with Crippen LogP contribution >= 0.6 is 46.7 Å². The number of thioether (sulfide) groups is 2. The number of hydrogen-bond acceptors (Lipinski definition) is 5. The Hall–Kier alpha value is -0.0200. The summed E-state index contributed by atoms with van der Waals surface area (Å²) in [7, 11) is 0. The maximum atomic E-state index is 8.44. The Labute approximate surface area is 94.6 Å². The van der Waals surface area contributed by atoms with E-state index in [1.54, 1.807) is 6.20 Å². The van der Waals surface area contributed by atoms with Crippen LogP contribution in [0.15, 0.2) is 16.1 Å². The summed E-state index contributed by atoms with van der Waals surface area (Å²) in [5.41, 5.74) is 0. The summed E-state index contributed by atoms with van der Waals surface area (Å²) >= 11 is 14.0. The molecule has 0 spiro atoms. The second-order valence-electron chi connectivity index (χ2n) is 2.01. The molecule has 1 aliphatic heterocycles. The molecule has 0 aliphatic carbocycles. The number of nitrogens with one attached hydrogen (secondary N) is 1. The molecule has 0 aromatic rings. The monoisotopic (exact) mass is 253 g/mol. The Morgan fingerprint density at radius 1 is 1.77 bits per heavy atom. The number of allylic oxidation sites excluding steroid dienone is 1. The van der Waals surface area contributed by atoms with Crippen LogP contribution in [-0.2, 0) is 0 Å². The third-order valence-electron chi connectivity index (χ3n) is 1.23. The standard InChI is InChI=1S/C6H5Cl2N3S2/c1-12-4-2-10-6(8,13-3-9)11-5(4)7/h2,10H,1H3. The second kappa shape index (κ2) is 4.47. The lowest BCUT2D eigenvalue weighted by Gasteiger charge is -2.23. The number of alkyl halides is 1. The fourth-order valence-corrected chi connectivity index (χ4v) is 2.20. The average molecular weight is 254 g/mol. The molecule has 0 aromatic carbocycles. The topological polar surface area (TPSA) is 48.2 Å². The van der Waals surface area contributed by atoms with Gasteiger partial charge in [-0.05, 0) is 6.26 Å². The van der Waals surface area contributed by atoms with Crippen LogP contribution in [0.4, 0.5) is 0 Å². The predicted molar refractivity (Wildman–Crippen MR) is 59.8 cm³/mol. The molecule has 1 rings (SSSR count). The van der Waals surface area contributed by atoms with E-state index in [4.69, 9.17) is 28.5 Å². The van der Waals surface area contributed by atoms with E-state index in [-0.39, 0.29) is 0 Å². The van der Waals surface area contributed by atoms with Gasteiger partial charge in [0.15, 0.2) is 0 Å². The summed E-state index contributed by atoms with van der Waals surface area (Å²) in [4.78, 5) is 4.75. The predicted octanol–water partition coefficient (Wildman–Crippen LogP) is 2.50. The van der Waals surface area contributed by atoms with E-state index in [1.807, 2.05) is 11.7 Å². The van der Waals surface area contributed by atoms with Crippen molar-refractivity contribution in [3.63, 3.8) is 0 Å². The Balaban J connectivity index is 2.82. The Morgan fingerprint density at radius 2 is 2.46 bits per heavy atom. The molecule has 1 aliphatic rings. The van der Waals surface area contributed by atoms with Gasteiger partial charge in [-0.1, -0.05) is 23.2 Å². The van der Waals surface area contributed by atoms with Gasteiger partial charge in [0, 0.05) is 18.0 Å². The minimum Gasteiger partial charge on any atom is -0.344 e. The maximum absolute atomic E-state index is 8.44. The lowest BCUT2D eigenvalue weighted by atomic mass is 10.6. The molecule has 1 N–H and O–H groups in total. The number of nitriles is 1. The highest BCUT2D eigenvalue weighted by molar-refractivity contribution is 8.06. The number of halogens is 2. The quantitative estimate of drug-likeness (QED) is 0.467. The zero-order valence-electron chi connectivity index (χ0n) is 6.54. The largest absolute Gasteiger partial charge is 0.344 e. The maximum Gasteiger partial charge on any atom is 0.270 e. The molecule has 3 nitrogen and oxygen atoms in total. The Morgan fingerprint density at radius 3 is 2.92 bits per heavy atom. The van der Waals surface area contributed by atoms with Crippen molar-refractivity contribution in [1.82, 2.24) is 5.32 Å². The van der Waals surface area contributed by atoms with Crippen LogP contribution in [0.3, 0.4) is 0 Å². The van der Waals surface area contributed by atoms with Crippen LogP contribution in [0.25, 0.3) is 0 Å². The van der Waals surface area contributed by atoms with Gasteiger partial charge in [0.25, 0.3) is 4.45 Å². The highest BCUT2D eigenvalue weighted by atomic mass is 35.5. The summed E-state index contributed by atoms with van der Waals surface area (Å²) in [6.45, 7) is 0. The highest BCUT2D eigenvalue weighted by Crippen LogP contribution is 2.33. The van der Waals surface area contributed by atoms with Gasteiger partial charge in [-0.3, -0.25) is 0 Å². The lowest BCUT2D eigenvalue weighted by Crippen LogP contribution is -2.34. The van der Waals surface area contributed by atoms with Crippen molar-refractivity contribution in [3.8, 4) is 5.40 Å². The van der Waals surface area contributed by atoms with Crippen LogP contribution in [0.1, 0.15) is 0 Å². The number of thiocyanates is 1. The van der Waals surface area contributed by atoms with Crippen molar-refractivity contribution < 1.29 is 0 Å². The first-order valence-corrected chi connectivity index (χ1v) is 5.94. The summed E-state index contributed by atoms with van der Waals surface area (Å²) < 4.78 is -1.18. The van der Waals surface area contributed by atoms with E-state index in [2.05, 4.69) is 10.3 Å². The van der Waals surface area contributed by atoms with Crippen molar-refractivity contribution in [3.05, 3.63) is 11.1 Å². The molecule has 0 aromatic heterocycles. The van der Waals surface area contributed by atoms with E-state index in [0.29, 0.717) is 5.17 Å². The van der Waals surface area contributed by atoms with Crippen LogP contribution in [0.2, 0.25) is 0 Å². The van der Waals surface area contributed by atoms with Gasteiger partial charge in [-0.2, -0.15) is 5.26 Å². The van der Waals surface area contributed by atoms with E-state index in [0.717, 1.165) is 16.7 Å². The van der Waals surface area contributed by atoms with E-state index in [9.17, 15) is 0 Å². The van der Waals surface area contributed by atoms with E-state index < -0.39 is 4.45 Å². The van der Waals surface area contributed by atoms with Crippen LogP contribution in [-0.4, -0.2) is 15.9 Å². The van der Waals surface area contributed by atoms with Gasteiger partial charge in [0.2, 0.25) is 0 Å². The smallest absolute Gasteiger partial charge is 0.270 e. The number of aliphatic imine (C=N–C) groups is 1. The fourth-order valence-electron chi connectivity index (χ4n) is 0.684. The van der Waals surface area contributed by atoms with Crippen molar-refractivity contribution in [2.45, 2.75) is 4.45 Å². The number of rotatable bonds is 2. The molecule has 0 amide bonds. The molecule has 0 saturated carbocycles. The lowest BCUT2D eigenvalue weighted by molar-refractivity contribution is 0.746. The minimum atomic E-state index is -1.18. The third kappa shape index (κ3) is 2.71. The third-order valence-corrected chi connectivity index (χ3v) is 3.37. The van der Waals surface area contributed by atoms with Gasteiger partial charge in [0.05, 0.1) is 4.91 Å². The summed E-state index contributed by atoms with van der Waals surface area (Å²) in [5, 5.41) is 13.4. The SMILES string of the molecule is CSC1=CNC(Cl)(SC#N)N=C1Cl. The first kappa shape index (κ1) is 11.1. The molecule has 0 fully saturated rings. The van der Waals surface area contributed by atoms with Crippen molar-refractivity contribution in [2.24, 2.45) is 4.99 Å². The molecule has 0 bridgehead atoms. The normalized spacial score (nSPS) is 26.9. The first-order chi connectivity index (χ1) is 6.11. The summed E-state index contributed by atoms with van der Waals surface area (Å²) in [5.74, 6) is 0.